The second kappa shape index (κ2) is 9.22. The van der Waals surface area contributed by atoms with Gasteiger partial charge < -0.3 is 4.84 Å². The maximum Gasteiger partial charge on any atom is 0.375 e. The summed E-state index contributed by atoms with van der Waals surface area (Å²) >= 11 is 8.87. The Bertz CT molecular complexity index is 1160. The van der Waals surface area contributed by atoms with Crippen LogP contribution in [0.25, 0.3) is 10.9 Å². The summed E-state index contributed by atoms with van der Waals surface area (Å²) in [6, 6.07) is 21.1. The topological polar surface area (TPSA) is 51.5 Å². The predicted molar refractivity (Wildman–Crippen MR) is 120 cm³/mol. The van der Waals surface area contributed by atoms with Crippen molar-refractivity contribution >= 4 is 57.8 Å². The number of pyridine rings is 1. The fourth-order valence-electron chi connectivity index (χ4n) is 2.63. The van der Waals surface area contributed by atoms with Crippen molar-refractivity contribution in [1.82, 2.24) is 4.98 Å². The Hall–Kier alpha value is -2.67. The van der Waals surface area contributed by atoms with E-state index in [1.165, 1.54) is 17.6 Å². The molecule has 0 aliphatic carbocycles. The fraction of sp³-hybridized carbons (Fsp3) is 0.0455. The number of aromatic nitrogens is 1. The third kappa shape index (κ3) is 5.03. The van der Waals surface area contributed by atoms with E-state index < -0.39 is 5.97 Å². The van der Waals surface area contributed by atoms with E-state index in [1.54, 1.807) is 23.9 Å². The molecular formula is C22H15ClN2O2S2. The fourth-order valence-corrected chi connectivity index (χ4v) is 4.28. The van der Waals surface area contributed by atoms with Gasteiger partial charge in [0, 0.05) is 21.7 Å². The number of para-hydroxylation sites is 1. The molecule has 0 aliphatic heterocycles. The van der Waals surface area contributed by atoms with Gasteiger partial charge in [-0.05, 0) is 41.3 Å². The molecule has 0 saturated heterocycles. The van der Waals surface area contributed by atoms with Crippen LogP contribution in [-0.2, 0) is 10.6 Å². The first kappa shape index (κ1) is 19.6. The van der Waals surface area contributed by atoms with E-state index in [0.29, 0.717) is 9.90 Å². The highest BCUT2D eigenvalue weighted by molar-refractivity contribution is 7.98. The second-order valence-electron chi connectivity index (χ2n) is 6.08. The van der Waals surface area contributed by atoms with Crippen LogP contribution in [0.1, 0.15) is 20.8 Å². The van der Waals surface area contributed by atoms with Crippen molar-refractivity contribution in [3.8, 4) is 0 Å². The number of oxime groups is 1. The molecule has 2 heterocycles. The molecule has 0 unspecified atom stereocenters. The zero-order chi connectivity index (χ0) is 20.1. The van der Waals surface area contributed by atoms with Crippen LogP contribution in [0.4, 0.5) is 0 Å². The highest BCUT2D eigenvalue weighted by Crippen LogP contribution is 2.27. The number of carbonyl (C=O) groups is 1. The number of hydrogen-bond acceptors (Lipinski definition) is 6. The van der Waals surface area contributed by atoms with Crippen molar-refractivity contribution in [2.45, 2.75) is 10.8 Å². The third-order valence-corrected chi connectivity index (χ3v) is 6.24. The van der Waals surface area contributed by atoms with Crippen LogP contribution in [0, 0.1) is 0 Å². The van der Waals surface area contributed by atoms with E-state index >= 15 is 0 Å². The summed E-state index contributed by atoms with van der Waals surface area (Å²) in [5.41, 5.74) is 2.84. The second-order valence-corrected chi connectivity index (χ2v) is 8.43. The Morgan fingerprint density at radius 2 is 1.97 bits per heavy atom. The molecule has 0 amide bonds. The molecule has 7 heteroatoms. The molecule has 0 aliphatic rings. The summed E-state index contributed by atoms with van der Waals surface area (Å²) in [5.74, 6) is 0.263. The van der Waals surface area contributed by atoms with E-state index in [0.717, 1.165) is 32.8 Å². The lowest BCUT2D eigenvalue weighted by atomic mass is 10.2. The first-order valence-corrected chi connectivity index (χ1v) is 11.0. The molecule has 0 saturated carbocycles. The number of fused-ring (bicyclic) bond motifs is 1. The van der Waals surface area contributed by atoms with Gasteiger partial charge in [-0.2, -0.15) is 0 Å². The van der Waals surface area contributed by atoms with Crippen LogP contribution in [0.2, 0.25) is 5.02 Å². The number of thioether (sulfide) groups is 1. The van der Waals surface area contributed by atoms with Crippen LogP contribution in [0.15, 0.2) is 82.3 Å². The number of halogens is 1. The number of rotatable bonds is 6. The van der Waals surface area contributed by atoms with E-state index in [1.807, 2.05) is 60.0 Å². The molecule has 2 aromatic heterocycles. The number of hydrogen-bond donors (Lipinski definition) is 0. The van der Waals surface area contributed by atoms with Crippen molar-refractivity contribution in [2.75, 3.05) is 0 Å². The summed E-state index contributed by atoms with van der Waals surface area (Å²) in [6.07, 6.45) is 1.54. The van der Waals surface area contributed by atoms with Gasteiger partial charge in [0.05, 0.1) is 11.7 Å². The SMILES string of the molecule is O=C(ON=Cc1cc2ccccc2nc1SCc1ccc(Cl)cc1)c1cccs1. The van der Waals surface area contributed by atoms with Gasteiger partial charge in [-0.15, -0.1) is 23.1 Å². The quantitative estimate of drug-likeness (QED) is 0.150. The minimum absolute atomic E-state index is 0.472. The lowest BCUT2D eigenvalue weighted by Crippen LogP contribution is -1.99. The molecule has 4 aromatic rings. The largest absolute Gasteiger partial charge is 0.375 e. The Balaban J connectivity index is 1.56. The molecule has 0 N–H and O–H groups in total. The average Bonchev–Trinajstić information content (AvgIpc) is 3.28. The maximum absolute atomic E-state index is 12.0. The monoisotopic (exact) mass is 438 g/mol. The Kier molecular flexibility index (Phi) is 6.24. The summed E-state index contributed by atoms with van der Waals surface area (Å²) in [4.78, 5) is 22.3. The summed E-state index contributed by atoms with van der Waals surface area (Å²) < 4.78 is 0. The minimum atomic E-state index is -0.472. The van der Waals surface area contributed by atoms with Gasteiger partial charge in [0.2, 0.25) is 0 Å². The Labute approximate surface area is 181 Å². The lowest BCUT2D eigenvalue weighted by Gasteiger charge is -2.07. The number of nitrogens with zero attached hydrogens (tertiary/aromatic N) is 2. The number of thiophene rings is 1. The summed E-state index contributed by atoms with van der Waals surface area (Å²) in [7, 11) is 0. The Morgan fingerprint density at radius 3 is 2.76 bits per heavy atom. The van der Waals surface area contributed by atoms with Gasteiger partial charge >= 0.3 is 5.97 Å². The van der Waals surface area contributed by atoms with Gasteiger partial charge in [0.25, 0.3) is 0 Å². The molecule has 0 fully saturated rings. The number of benzene rings is 2. The molecule has 0 atom stereocenters. The van der Waals surface area contributed by atoms with Crippen LogP contribution in [0.3, 0.4) is 0 Å². The molecular weight excluding hydrogens is 424 g/mol. The van der Waals surface area contributed by atoms with E-state index in [-0.39, 0.29) is 0 Å². The van der Waals surface area contributed by atoms with Crippen molar-refractivity contribution < 1.29 is 9.63 Å². The highest BCUT2D eigenvalue weighted by atomic mass is 35.5. The molecule has 2 aromatic carbocycles. The lowest BCUT2D eigenvalue weighted by molar-refractivity contribution is 0.0525. The first-order valence-electron chi connectivity index (χ1n) is 8.74. The third-order valence-electron chi connectivity index (χ3n) is 4.06. The summed E-state index contributed by atoms with van der Waals surface area (Å²) in [5, 5.41) is 8.23. The van der Waals surface area contributed by atoms with Gasteiger partial charge in [0.15, 0.2) is 0 Å². The zero-order valence-electron chi connectivity index (χ0n) is 15.1. The standard InChI is InChI=1S/C22H15ClN2O2S2/c23-18-9-7-15(8-10-18)14-29-21-17(12-16-4-1-2-5-19(16)25-21)13-24-27-22(26)20-6-3-11-28-20/h1-13H,14H2. The highest BCUT2D eigenvalue weighted by Gasteiger charge is 2.09. The van der Waals surface area contributed by atoms with E-state index in [4.69, 9.17) is 21.4 Å². The number of carbonyl (C=O) groups excluding carboxylic acids is 1. The van der Waals surface area contributed by atoms with E-state index in [9.17, 15) is 4.79 Å². The van der Waals surface area contributed by atoms with Gasteiger partial charge in [-0.25, -0.2) is 9.78 Å². The van der Waals surface area contributed by atoms with Crippen molar-refractivity contribution in [2.24, 2.45) is 5.16 Å². The molecule has 0 bridgehead atoms. The van der Waals surface area contributed by atoms with Crippen molar-refractivity contribution in [1.29, 1.82) is 0 Å². The van der Waals surface area contributed by atoms with Gasteiger partial charge in [0.1, 0.15) is 9.90 Å². The molecule has 4 nitrogen and oxygen atoms in total. The normalized spacial score (nSPS) is 11.2. The molecule has 4 rings (SSSR count). The maximum atomic E-state index is 12.0. The molecule has 0 radical (unpaired) electrons. The summed E-state index contributed by atoms with van der Waals surface area (Å²) in [6.45, 7) is 0. The zero-order valence-corrected chi connectivity index (χ0v) is 17.5. The smallest absolute Gasteiger partial charge is 0.312 e. The predicted octanol–water partition coefficient (Wildman–Crippen LogP) is 6.43. The minimum Gasteiger partial charge on any atom is -0.312 e. The molecule has 144 valence electrons. The Morgan fingerprint density at radius 1 is 1.14 bits per heavy atom. The first-order chi connectivity index (χ1) is 14.2. The average molecular weight is 439 g/mol. The van der Waals surface area contributed by atoms with Crippen LogP contribution in [-0.4, -0.2) is 17.2 Å². The molecule has 0 spiro atoms. The van der Waals surface area contributed by atoms with Gasteiger partial charge in [-0.3, -0.25) is 0 Å². The van der Waals surface area contributed by atoms with Crippen LogP contribution in [0.5, 0.6) is 0 Å². The van der Waals surface area contributed by atoms with Gasteiger partial charge in [-0.1, -0.05) is 53.2 Å². The van der Waals surface area contributed by atoms with E-state index in [2.05, 4.69) is 5.16 Å². The van der Waals surface area contributed by atoms with Crippen LogP contribution < -0.4 is 0 Å². The molecule has 29 heavy (non-hydrogen) atoms. The van der Waals surface area contributed by atoms with Crippen molar-refractivity contribution in [3.63, 3.8) is 0 Å². The van der Waals surface area contributed by atoms with Crippen molar-refractivity contribution in [3.05, 3.63) is 93.1 Å². The van der Waals surface area contributed by atoms with Crippen LogP contribution >= 0.6 is 34.7 Å².